The topological polar surface area (TPSA) is 61.0 Å². The Morgan fingerprint density at radius 3 is 2.79 bits per heavy atom. The number of nitrogens with two attached hydrogens (primary N) is 1. The van der Waals surface area contributed by atoms with Crippen LogP contribution < -0.4 is 10.5 Å². The summed E-state index contributed by atoms with van der Waals surface area (Å²) in [4.78, 5) is 8.48. The molecule has 1 atom stereocenters. The summed E-state index contributed by atoms with van der Waals surface area (Å²) < 4.78 is 5.78. The molecule has 0 spiro atoms. The van der Waals surface area contributed by atoms with E-state index in [0.717, 1.165) is 24.1 Å². The standard InChI is InChI=1S/C15H19N3O/c1-3-13(16)9-12-5-4-8-17-15(12)19-14-7-6-11(2)18-10-14/h4-8,10,13H,3,9,16H2,1-2H3. The van der Waals surface area contributed by atoms with Gasteiger partial charge in [-0.05, 0) is 38.0 Å². The van der Waals surface area contributed by atoms with E-state index in [2.05, 4.69) is 16.9 Å². The fourth-order valence-corrected chi connectivity index (χ4v) is 1.72. The molecule has 0 radical (unpaired) electrons. The highest BCUT2D eigenvalue weighted by Crippen LogP contribution is 2.23. The lowest BCUT2D eigenvalue weighted by atomic mass is 10.1. The maximum absolute atomic E-state index is 5.99. The highest BCUT2D eigenvalue weighted by Gasteiger charge is 2.09. The summed E-state index contributed by atoms with van der Waals surface area (Å²) in [5.41, 5.74) is 7.98. The first kappa shape index (κ1) is 13.5. The zero-order valence-electron chi connectivity index (χ0n) is 11.3. The van der Waals surface area contributed by atoms with E-state index in [-0.39, 0.29) is 6.04 Å². The molecule has 0 aliphatic heterocycles. The van der Waals surface area contributed by atoms with E-state index in [9.17, 15) is 0 Å². The lowest BCUT2D eigenvalue weighted by Gasteiger charge is -2.12. The van der Waals surface area contributed by atoms with Crippen LogP contribution in [0.15, 0.2) is 36.7 Å². The second kappa shape index (κ2) is 6.29. The molecule has 0 aliphatic carbocycles. The van der Waals surface area contributed by atoms with E-state index in [1.54, 1.807) is 12.4 Å². The highest BCUT2D eigenvalue weighted by atomic mass is 16.5. The highest BCUT2D eigenvalue weighted by molar-refractivity contribution is 5.31. The molecule has 0 saturated carbocycles. The molecular weight excluding hydrogens is 238 g/mol. The number of ether oxygens (including phenoxy) is 1. The van der Waals surface area contributed by atoms with E-state index in [1.165, 1.54) is 0 Å². The van der Waals surface area contributed by atoms with Gasteiger partial charge in [0.2, 0.25) is 5.88 Å². The first-order valence-corrected chi connectivity index (χ1v) is 6.49. The average Bonchev–Trinajstić information content (AvgIpc) is 2.43. The van der Waals surface area contributed by atoms with E-state index in [0.29, 0.717) is 11.6 Å². The number of rotatable bonds is 5. The second-order valence-electron chi connectivity index (χ2n) is 4.58. The molecule has 100 valence electrons. The minimum absolute atomic E-state index is 0.127. The van der Waals surface area contributed by atoms with Gasteiger partial charge in [-0.3, -0.25) is 4.98 Å². The van der Waals surface area contributed by atoms with Crippen LogP contribution in [0.5, 0.6) is 11.6 Å². The lowest BCUT2D eigenvalue weighted by molar-refractivity contribution is 0.450. The first-order chi connectivity index (χ1) is 9.19. The molecule has 1 unspecified atom stereocenters. The van der Waals surface area contributed by atoms with Gasteiger partial charge in [0.15, 0.2) is 0 Å². The summed E-state index contributed by atoms with van der Waals surface area (Å²) in [6, 6.07) is 7.83. The first-order valence-electron chi connectivity index (χ1n) is 6.49. The van der Waals surface area contributed by atoms with Crippen LogP contribution in [-0.4, -0.2) is 16.0 Å². The molecule has 2 aromatic rings. The van der Waals surface area contributed by atoms with E-state index in [1.807, 2.05) is 31.2 Å². The molecule has 0 amide bonds. The van der Waals surface area contributed by atoms with Crippen LogP contribution in [-0.2, 0) is 6.42 Å². The van der Waals surface area contributed by atoms with E-state index >= 15 is 0 Å². The van der Waals surface area contributed by atoms with Gasteiger partial charge in [-0.15, -0.1) is 0 Å². The summed E-state index contributed by atoms with van der Waals surface area (Å²) in [6.07, 6.45) is 5.12. The lowest BCUT2D eigenvalue weighted by Crippen LogP contribution is -2.21. The van der Waals surface area contributed by atoms with Crippen LogP contribution in [0.3, 0.4) is 0 Å². The third-order valence-corrected chi connectivity index (χ3v) is 2.96. The molecule has 0 bridgehead atoms. The quantitative estimate of drug-likeness (QED) is 0.894. The number of hydrogen-bond donors (Lipinski definition) is 1. The maximum Gasteiger partial charge on any atom is 0.222 e. The fourth-order valence-electron chi connectivity index (χ4n) is 1.72. The molecule has 0 aromatic carbocycles. The summed E-state index contributed by atoms with van der Waals surface area (Å²) in [5.74, 6) is 1.30. The maximum atomic E-state index is 5.99. The van der Waals surface area contributed by atoms with Gasteiger partial charge in [0, 0.05) is 23.5 Å². The molecule has 0 fully saturated rings. The van der Waals surface area contributed by atoms with Crippen LogP contribution in [0, 0.1) is 6.92 Å². The Balaban J connectivity index is 2.17. The molecule has 0 aliphatic rings. The van der Waals surface area contributed by atoms with Crippen molar-refractivity contribution in [1.29, 1.82) is 0 Å². The van der Waals surface area contributed by atoms with Crippen molar-refractivity contribution in [1.82, 2.24) is 9.97 Å². The Bertz CT molecular complexity index is 525. The molecule has 0 saturated heterocycles. The Labute approximate surface area is 113 Å². The summed E-state index contributed by atoms with van der Waals surface area (Å²) >= 11 is 0. The summed E-state index contributed by atoms with van der Waals surface area (Å²) in [6.45, 7) is 4.02. The molecule has 4 nitrogen and oxygen atoms in total. The summed E-state index contributed by atoms with van der Waals surface area (Å²) in [5, 5.41) is 0. The molecular formula is C15H19N3O. The largest absolute Gasteiger partial charge is 0.437 e. The van der Waals surface area contributed by atoms with Gasteiger partial charge in [-0.2, -0.15) is 0 Å². The van der Waals surface area contributed by atoms with Gasteiger partial charge in [0.25, 0.3) is 0 Å². The van der Waals surface area contributed by atoms with Gasteiger partial charge in [0.05, 0.1) is 6.20 Å². The third kappa shape index (κ3) is 3.76. The summed E-state index contributed by atoms with van der Waals surface area (Å²) in [7, 11) is 0. The molecule has 2 heterocycles. The zero-order valence-corrected chi connectivity index (χ0v) is 11.3. The molecule has 2 aromatic heterocycles. The number of nitrogens with zero attached hydrogens (tertiary/aromatic N) is 2. The third-order valence-electron chi connectivity index (χ3n) is 2.96. The van der Waals surface area contributed by atoms with Crippen molar-refractivity contribution >= 4 is 0 Å². The van der Waals surface area contributed by atoms with Crippen molar-refractivity contribution in [3.05, 3.63) is 47.9 Å². The Hall–Kier alpha value is -1.94. The van der Waals surface area contributed by atoms with E-state index < -0.39 is 0 Å². The molecule has 2 rings (SSSR count). The monoisotopic (exact) mass is 257 g/mol. The zero-order chi connectivity index (χ0) is 13.7. The van der Waals surface area contributed by atoms with Gasteiger partial charge < -0.3 is 10.5 Å². The van der Waals surface area contributed by atoms with Crippen LogP contribution >= 0.6 is 0 Å². The molecule has 4 heteroatoms. The number of aromatic nitrogens is 2. The van der Waals surface area contributed by atoms with Gasteiger partial charge in [0.1, 0.15) is 5.75 Å². The number of aryl methyl sites for hydroxylation is 1. The minimum Gasteiger partial charge on any atom is -0.437 e. The Morgan fingerprint density at radius 1 is 1.26 bits per heavy atom. The average molecular weight is 257 g/mol. The van der Waals surface area contributed by atoms with Crippen molar-refractivity contribution in [2.75, 3.05) is 0 Å². The smallest absolute Gasteiger partial charge is 0.222 e. The Kier molecular flexibility index (Phi) is 4.47. The van der Waals surface area contributed by atoms with Gasteiger partial charge in [-0.25, -0.2) is 4.98 Å². The van der Waals surface area contributed by atoms with Crippen molar-refractivity contribution < 1.29 is 4.74 Å². The number of pyridine rings is 2. The van der Waals surface area contributed by atoms with Crippen molar-refractivity contribution in [2.24, 2.45) is 5.73 Å². The van der Waals surface area contributed by atoms with Crippen molar-refractivity contribution in [3.8, 4) is 11.6 Å². The van der Waals surface area contributed by atoms with Crippen LogP contribution in [0.25, 0.3) is 0 Å². The fraction of sp³-hybridized carbons (Fsp3) is 0.333. The van der Waals surface area contributed by atoms with Crippen molar-refractivity contribution in [3.63, 3.8) is 0 Å². The SMILES string of the molecule is CCC(N)Cc1cccnc1Oc1ccc(C)nc1. The van der Waals surface area contributed by atoms with Crippen LogP contribution in [0.4, 0.5) is 0 Å². The second-order valence-corrected chi connectivity index (χ2v) is 4.58. The van der Waals surface area contributed by atoms with Gasteiger partial charge >= 0.3 is 0 Å². The van der Waals surface area contributed by atoms with Crippen LogP contribution in [0.2, 0.25) is 0 Å². The predicted octanol–water partition coefficient (Wildman–Crippen LogP) is 2.86. The molecule has 19 heavy (non-hydrogen) atoms. The predicted molar refractivity (Wildman–Crippen MR) is 75.3 cm³/mol. The normalized spacial score (nSPS) is 12.2. The van der Waals surface area contributed by atoms with Crippen LogP contribution in [0.1, 0.15) is 24.6 Å². The minimum atomic E-state index is 0.127. The van der Waals surface area contributed by atoms with Gasteiger partial charge in [-0.1, -0.05) is 13.0 Å². The molecule has 2 N–H and O–H groups in total. The van der Waals surface area contributed by atoms with E-state index in [4.69, 9.17) is 10.5 Å². The van der Waals surface area contributed by atoms with Crippen molar-refractivity contribution in [2.45, 2.75) is 32.7 Å². The Morgan fingerprint density at radius 2 is 2.11 bits per heavy atom. The number of hydrogen-bond acceptors (Lipinski definition) is 4.